The number of hydrogen-bond acceptors (Lipinski definition) is 2. The number of amides is 1. The maximum atomic E-state index is 13.6. The van der Waals surface area contributed by atoms with Gasteiger partial charge in [0.05, 0.1) is 6.20 Å². The van der Waals surface area contributed by atoms with Gasteiger partial charge in [0.25, 0.3) is 5.91 Å². The third-order valence-electron chi connectivity index (χ3n) is 2.86. The molecule has 1 aromatic heterocycles. The molecule has 2 aromatic rings. The highest BCUT2D eigenvalue weighted by molar-refractivity contribution is 9.10. The number of halogens is 3. The van der Waals surface area contributed by atoms with Gasteiger partial charge in [0.15, 0.2) is 11.5 Å². The minimum atomic E-state index is -0.979. The number of nitrogens with zero attached hydrogens (tertiary/aromatic N) is 2. The summed E-state index contributed by atoms with van der Waals surface area (Å²) in [6.07, 6.45) is 0.815. The Kier molecular flexibility index (Phi) is 4.13. The molecular weight excluding hydrogens is 330 g/mol. The topological polar surface area (TPSA) is 33.2 Å². The summed E-state index contributed by atoms with van der Waals surface area (Å²) >= 11 is 3.37. The van der Waals surface area contributed by atoms with Crippen molar-refractivity contribution in [2.24, 2.45) is 0 Å². The number of aryl methyl sites for hydroxylation is 1. The minimum Gasteiger partial charge on any atom is -0.310 e. The molecule has 0 N–H and O–H groups in total. The van der Waals surface area contributed by atoms with Crippen LogP contribution >= 0.6 is 15.9 Å². The van der Waals surface area contributed by atoms with Crippen LogP contribution in [0.15, 0.2) is 34.9 Å². The Morgan fingerprint density at radius 3 is 2.60 bits per heavy atom. The number of rotatable bonds is 2. The van der Waals surface area contributed by atoms with E-state index in [9.17, 15) is 13.6 Å². The molecule has 0 saturated carbocycles. The maximum Gasteiger partial charge on any atom is 0.279 e. The summed E-state index contributed by atoms with van der Waals surface area (Å²) in [6.45, 7) is 1.91. The van der Waals surface area contributed by atoms with E-state index in [0.717, 1.165) is 16.2 Å². The fraction of sp³-hybridized carbons (Fsp3) is 0.143. The first-order valence-electron chi connectivity index (χ1n) is 5.75. The first kappa shape index (κ1) is 14.6. The van der Waals surface area contributed by atoms with Gasteiger partial charge in [0.2, 0.25) is 0 Å². The van der Waals surface area contributed by atoms with Crippen LogP contribution in [-0.2, 0) is 0 Å². The fourth-order valence-corrected chi connectivity index (χ4v) is 2.01. The number of anilines is 1. The van der Waals surface area contributed by atoms with Gasteiger partial charge in [-0.3, -0.25) is 4.79 Å². The second-order valence-corrected chi connectivity index (χ2v) is 5.14. The average molecular weight is 341 g/mol. The number of benzene rings is 1. The van der Waals surface area contributed by atoms with Crippen molar-refractivity contribution in [3.63, 3.8) is 0 Å². The van der Waals surface area contributed by atoms with Crippen LogP contribution in [-0.4, -0.2) is 17.9 Å². The largest absolute Gasteiger partial charge is 0.310 e. The molecule has 3 nitrogen and oxygen atoms in total. The molecule has 20 heavy (non-hydrogen) atoms. The first-order chi connectivity index (χ1) is 9.40. The molecule has 0 atom stereocenters. The number of aromatic nitrogens is 1. The fourth-order valence-electron chi connectivity index (χ4n) is 1.64. The van der Waals surface area contributed by atoms with E-state index < -0.39 is 23.2 Å². The van der Waals surface area contributed by atoms with Gasteiger partial charge in [0, 0.05) is 23.3 Å². The van der Waals surface area contributed by atoms with E-state index in [1.165, 1.54) is 11.9 Å². The van der Waals surface area contributed by atoms with Gasteiger partial charge in [0.1, 0.15) is 5.82 Å². The summed E-state index contributed by atoms with van der Waals surface area (Å²) in [7, 11) is 1.50. The van der Waals surface area contributed by atoms with Gasteiger partial charge in [-0.2, -0.15) is 0 Å². The van der Waals surface area contributed by atoms with E-state index in [1.807, 2.05) is 13.0 Å². The van der Waals surface area contributed by atoms with Crippen LogP contribution in [0.3, 0.4) is 0 Å². The predicted molar refractivity (Wildman–Crippen MR) is 75.8 cm³/mol. The van der Waals surface area contributed by atoms with Crippen LogP contribution in [0, 0.1) is 18.6 Å². The standard InChI is InChI=1S/C14H11BrF2N2O/c1-8-3-4-10(6-11(8)15)19(2)14(20)13-12(17)5-9(16)7-18-13/h3-7H,1-2H3. The molecular formula is C14H11BrF2N2O. The van der Waals surface area contributed by atoms with E-state index in [1.54, 1.807) is 12.1 Å². The van der Waals surface area contributed by atoms with Crippen LogP contribution in [0.4, 0.5) is 14.5 Å². The average Bonchev–Trinajstić information content (AvgIpc) is 2.40. The van der Waals surface area contributed by atoms with Gasteiger partial charge < -0.3 is 4.90 Å². The monoisotopic (exact) mass is 340 g/mol. The second kappa shape index (κ2) is 5.66. The summed E-state index contributed by atoms with van der Waals surface area (Å²) in [5.74, 6) is -2.44. The van der Waals surface area contributed by atoms with Crippen molar-refractivity contribution in [1.82, 2.24) is 4.98 Å². The molecule has 0 saturated heterocycles. The smallest absolute Gasteiger partial charge is 0.279 e. The van der Waals surface area contributed by atoms with Crippen molar-refractivity contribution in [3.8, 4) is 0 Å². The molecule has 0 aliphatic rings. The maximum absolute atomic E-state index is 13.6. The minimum absolute atomic E-state index is 0.411. The van der Waals surface area contributed by atoms with Gasteiger partial charge in [-0.15, -0.1) is 0 Å². The third-order valence-corrected chi connectivity index (χ3v) is 3.71. The lowest BCUT2D eigenvalue weighted by atomic mass is 10.2. The zero-order valence-corrected chi connectivity index (χ0v) is 12.4. The van der Waals surface area contributed by atoms with Gasteiger partial charge in [-0.05, 0) is 24.6 Å². The summed E-state index contributed by atoms with van der Waals surface area (Å²) in [6, 6.07) is 5.95. The lowest BCUT2D eigenvalue weighted by Crippen LogP contribution is -2.28. The zero-order chi connectivity index (χ0) is 14.9. The van der Waals surface area contributed by atoms with Crippen molar-refractivity contribution in [3.05, 3.63) is 57.8 Å². The molecule has 0 bridgehead atoms. The van der Waals surface area contributed by atoms with E-state index in [2.05, 4.69) is 20.9 Å². The molecule has 0 aliphatic heterocycles. The SMILES string of the molecule is Cc1ccc(N(C)C(=O)c2ncc(F)cc2F)cc1Br. The summed E-state index contributed by atoms with van der Waals surface area (Å²) < 4.78 is 27.2. The number of carbonyl (C=O) groups is 1. The van der Waals surface area contributed by atoms with Crippen LogP contribution in [0.1, 0.15) is 16.1 Å². The van der Waals surface area contributed by atoms with E-state index in [-0.39, 0.29) is 0 Å². The molecule has 1 aromatic carbocycles. The lowest BCUT2D eigenvalue weighted by molar-refractivity contribution is 0.0984. The highest BCUT2D eigenvalue weighted by Crippen LogP contribution is 2.24. The Morgan fingerprint density at radius 2 is 2.00 bits per heavy atom. The molecule has 104 valence electrons. The Morgan fingerprint density at radius 1 is 1.30 bits per heavy atom. The Hall–Kier alpha value is -1.82. The third kappa shape index (κ3) is 2.85. The highest BCUT2D eigenvalue weighted by Gasteiger charge is 2.20. The van der Waals surface area contributed by atoms with Crippen molar-refractivity contribution in [2.75, 3.05) is 11.9 Å². The van der Waals surface area contributed by atoms with Crippen LogP contribution in [0.2, 0.25) is 0 Å². The summed E-state index contributed by atoms with van der Waals surface area (Å²) in [4.78, 5) is 16.9. The quantitative estimate of drug-likeness (QED) is 0.834. The first-order valence-corrected chi connectivity index (χ1v) is 6.54. The van der Waals surface area contributed by atoms with Crippen LogP contribution < -0.4 is 4.90 Å². The van der Waals surface area contributed by atoms with E-state index in [0.29, 0.717) is 11.8 Å². The second-order valence-electron chi connectivity index (χ2n) is 4.28. The molecule has 0 radical (unpaired) electrons. The van der Waals surface area contributed by atoms with Crippen molar-refractivity contribution in [2.45, 2.75) is 6.92 Å². The van der Waals surface area contributed by atoms with Crippen LogP contribution in [0.5, 0.6) is 0 Å². The van der Waals surface area contributed by atoms with Gasteiger partial charge in [-0.25, -0.2) is 13.8 Å². The highest BCUT2D eigenvalue weighted by atomic mass is 79.9. The molecule has 0 aliphatic carbocycles. The molecule has 6 heteroatoms. The molecule has 1 heterocycles. The molecule has 0 spiro atoms. The Labute approximate surface area is 123 Å². The van der Waals surface area contributed by atoms with Crippen molar-refractivity contribution in [1.29, 1.82) is 0 Å². The molecule has 0 unspecified atom stereocenters. The van der Waals surface area contributed by atoms with E-state index in [4.69, 9.17) is 0 Å². The number of carbonyl (C=O) groups excluding carboxylic acids is 1. The Balaban J connectivity index is 2.34. The summed E-state index contributed by atoms with van der Waals surface area (Å²) in [5, 5.41) is 0. The van der Waals surface area contributed by atoms with Gasteiger partial charge in [-0.1, -0.05) is 22.0 Å². The molecule has 1 amide bonds. The predicted octanol–water partition coefficient (Wildman–Crippen LogP) is 3.71. The normalized spacial score (nSPS) is 10.4. The zero-order valence-electron chi connectivity index (χ0n) is 10.8. The van der Waals surface area contributed by atoms with Crippen molar-refractivity contribution < 1.29 is 13.6 Å². The van der Waals surface area contributed by atoms with E-state index >= 15 is 0 Å². The molecule has 2 rings (SSSR count). The van der Waals surface area contributed by atoms with Crippen LogP contribution in [0.25, 0.3) is 0 Å². The lowest BCUT2D eigenvalue weighted by Gasteiger charge is -2.18. The van der Waals surface area contributed by atoms with Gasteiger partial charge >= 0.3 is 0 Å². The molecule has 0 fully saturated rings. The van der Waals surface area contributed by atoms with Crippen molar-refractivity contribution >= 4 is 27.5 Å². The summed E-state index contributed by atoms with van der Waals surface area (Å²) in [5.41, 5.74) is 1.18. The number of pyridine rings is 1. The Bertz CT molecular complexity index is 676. The number of hydrogen-bond donors (Lipinski definition) is 0.